The van der Waals surface area contributed by atoms with Crippen molar-refractivity contribution in [2.24, 2.45) is 11.7 Å². The zero-order chi connectivity index (χ0) is 12.1. The number of halogens is 1. The van der Waals surface area contributed by atoms with Crippen LogP contribution in [0.3, 0.4) is 0 Å². The van der Waals surface area contributed by atoms with Crippen molar-refractivity contribution in [2.75, 3.05) is 13.1 Å². The van der Waals surface area contributed by atoms with Gasteiger partial charge < -0.3 is 11.1 Å². The molecule has 0 bridgehead atoms. The van der Waals surface area contributed by atoms with Crippen LogP contribution in [0.5, 0.6) is 0 Å². The zero-order valence-electron chi connectivity index (χ0n) is 9.59. The Morgan fingerprint density at radius 1 is 1.56 bits per heavy atom. The lowest BCUT2D eigenvalue weighted by Gasteiger charge is -2.11. The number of benzene rings is 1. The molecule has 1 atom stereocenters. The molecule has 0 aromatic heterocycles. The van der Waals surface area contributed by atoms with E-state index in [-0.39, 0.29) is 5.91 Å². The summed E-state index contributed by atoms with van der Waals surface area (Å²) in [4.78, 5) is 11.9. The van der Waals surface area contributed by atoms with Crippen LogP contribution in [0.25, 0.3) is 0 Å². The van der Waals surface area contributed by atoms with Gasteiger partial charge in [0.05, 0.1) is 5.56 Å². The van der Waals surface area contributed by atoms with Gasteiger partial charge in [-0.15, -0.1) is 0 Å². The summed E-state index contributed by atoms with van der Waals surface area (Å²) in [6, 6.07) is 5.75. The maximum atomic E-state index is 11.9. The van der Waals surface area contributed by atoms with Crippen molar-refractivity contribution >= 4 is 28.5 Å². The summed E-state index contributed by atoms with van der Waals surface area (Å²) in [6.07, 6.45) is 0. The van der Waals surface area contributed by atoms with Crippen LogP contribution in [0.1, 0.15) is 22.8 Å². The van der Waals surface area contributed by atoms with Crippen LogP contribution in [0.2, 0.25) is 0 Å². The number of nitrogens with one attached hydrogen (secondary N) is 1. The van der Waals surface area contributed by atoms with Gasteiger partial charge in [-0.2, -0.15) is 0 Å². The summed E-state index contributed by atoms with van der Waals surface area (Å²) < 4.78 is 1.01. The van der Waals surface area contributed by atoms with Gasteiger partial charge in [-0.25, -0.2) is 0 Å². The van der Waals surface area contributed by atoms with Gasteiger partial charge in [0, 0.05) is 10.1 Å². The molecule has 0 saturated heterocycles. The molecule has 3 nitrogen and oxygen atoms in total. The summed E-state index contributed by atoms with van der Waals surface area (Å²) in [6.45, 7) is 5.23. The van der Waals surface area contributed by atoms with Crippen LogP contribution >= 0.6 is 22.6 Å². The van der Waals surface area contributed by atoms with Crippen LogP contribution in [-0.2, 0) is 0 Å². The molecule has 0 spiro atoms. The highest BCUT2D eigenvalue weighted by Gasteiger charge is 2.11. The summed E-state index contributed by atoms with van der Waals surface area (Å²) in [5.74, 6) is 0.292. The number of carbonyl (C=O) groups is 1. The highest BCUT2D eigenvalue weighted by Crippen LogP contribution is 2.16. The van der Waals surface area contributed by atoms with Gasteiger partial charge >= 0.3 is 0 Å². The molecular weight excluding hydrogens is 315 g/mol. The van der Waals surface area contributed by atoms with Crippen molar-refractivity contribution in [1.29, 1.82) is 0 Å². The lowest BCUT2D eigenvalue weighted by Crippen LogP contribution is -2.31. The third kappa shape index (κ3) is 3.45. The third-order valence-electron chi connectivity index (χ3n) is 2.45. The molecule has 0 heterocycles. The van der Waals surface area contributed by atoms with Gasteiger partial charge in [-0.05, 0) is 53.6 Å². The second-order valence-corrected chi connectivity index (χ2v) is 5.07. The summed E-state index contributed by atoms with van der Waals surface area (Å²) in [5.41, 5.74) is 7.36. The molecule has 88 valence electrons. The number of nitrogens with two attached hydrogens (primary N) is 1. The average molecular weight is 332 g/mol. The Kier molecular flexibility index (Phi) is 5.21. The van der Waals surface area contributed by atoms with E-state index in [2.05, 4.69) is 27.9 Å². The van der Waals surface area contributed by atoms with E-state index in [4.69, 9.17) is 5.73 Å². The lowest BCUT2D eigenvalue weighted by atomic mass is 10.1. The molecule has 1 aromatic rings. The van der Waals surface area contributed by atoms with E-state index in [1.54, 1.807) is 0 Å². The number of carbonyl (C=O) groups excluding carboxylic acids is 1. The first kappa shape index (κ1) is 13.4. The van der Waals surface area contributed by atoms with Crippen molar-refractivity contribution in [2.45, 2.75) is 13.8 Å². The molecule has 1 rings (SSSR count). The van der Waals surface area contributed by atoms with Crippen molar-refractivity contribution < 1.29 is 4.79 Å². The summed E-state index contributed by atoms with van der Waals surface area (Å²) in [7, 11) is 0. The fourth-order valence-electron chi connectivity index (χ4n) is 1.27. The molecule has 0 aliphatic rings. The van der Waals surface area contributed by atoms with Gasteiger partial charge in [-0.1, -0.05) is 19.1 Å². The van der Waals surface area contributed by atoms with Crippen molar-refractivity contribution in [3.8, 4) is 0 Å². The molecule has 0 radical (unpaired) electrons. The minimum absolute atomic E-state index is 0.0200. The first-order chi connectivity index (χ1) is 7.56. The van der Waals surface area contributed by atoms with Crippen LogP contribution in [0.4, 0.5) is 0 Å². The molecule has 0 fully saturated rings. The van der Waals surface area contributed by atoms with E-state index in [1.165, 1.54) is 0 Å². The number of hydrogen-bond acceptors (Lipinski definition) is 2. The zero-order valence-corrected chi connectivity index (χ0v) is 11.7. The fraction of sp³-hybridized carbons (Fsp3) is 0.417. The standard InChI is InChI=1S/C12H17IN2O/c1-8(6-14)7-15-12(16)10-5-3-4-9(2)11(10)13/h3-5,8H,6-7,14H2,1-2H3,(H,15,16). The normalized spacial score (nSPS) is 12.2. The van der Waals surface area contributed by atoms with Crippen LogP contribution < -0.4 is 11.1 Å². The van der Waals surface area contributed by atoms with E-state index < -0.39 is 0 Å². The average Bonchev–Trinajstić information content (AvgIpc) is 2.29. The fourth-order valence-corrected chi connectivity index (χ4v) is 1.87. The van der Waals surface area contributed by atoms with E-state index in [0.717, 1.165) is 14.7 Å². The maximum Gasteiger partial charge on any atom is 0.252 e. The Morgan fingerprint density at radius 2 is 2.25 bits per heavy atom. The van der Waals surface area contributed by atoms with Gasteiger partial charge in [-0.3, -0.25) is 4.79 Å². The Hall–Kier alpha value is -0.620. The molecule has 0 saturated carbocycles. The molecule has 0 aliphatic heterocycles. The minimum atomic E-state index is -0.0200. The number of aryl methyl sites for hydroxylation is 1. The first-order valence-electron chi connectivity index (χ1n) is 5.29. The van der Waals surface area contributed by atoms with Crippen molar-refractivity contribution in [3.05, 3.63) is 32.9 Å². The number of hydrogen-bond donors (Lipinski definition) is 2. The lowest BCUT2D eigenvalue weighted by molar-refractivity contribution is 0.0947. The minimum Gasteiger partial charge on any atom is -0.352 e. The van der Waals surface area contributed by atoms with E-state index in [0.29, 0.717) is 19.0 Å². The Morgan fingerprint density at radius 3 is 2.88 bits per heavy atom. The summed E-state index contributed by atoms with van der Waals surface area (Å²) in [5, 5.41) is 2.89. The van der Waals surface area contributed by atoms with Crippen LogP contribution in [0.15, 0.2) is 18.2 Å². The number of amides is 1. The van der Waals surface area contributed by atoms with Gasteiger partial charge in [0.25, 0.3) is 5.91 Å². The quantitative estimate of drug-likeness (QED) is 0.828. The second kappa shape index (κ2) is 6.20. The molecule has 1 aromatic carbocycles. The summed E-state index contributed by atoms with van der Waals surface area (Å²) >= 11 is 2.20. The highest BCUT2D eigenvalue weighted by molar-refractivity contribution is 14.1. The van der Waals surface area contributed by atoms with Gasteiger partial charge in [0.1, 0.15) is 0 Å². The molecule has 0 aliphatic carbocycles. The van der Waals surface area contributed by atoms with Crippen molar-refractivity contribution in [1.82, 2.24) is 5.32 Å². The van der Waals surface area contributed by atoms with Gasteiger partial charge in [0.2, 0.25) is 0 Å². The molecule has 1 amide bonds. The molecular formula is C12H17IN2O. The Bertz CT molecular complexity index is 379. The third-order valence-corrected chi connectivity index (χ3v) is 3.88. The molecule has 3 N–H and O–H groups in total. The largest absolute Gasteiger partial charge is 0.352 e. The molecule has 1 unspecified atom stereocenters. The highest BCUT2D eigenvalue weighted by atomic mass is 127. The SMILES string of the molecule is Cc1cccc(C(=O)NCC(C)CN)c1I. The predicted octanol–water partition coefficient (Wildman–Crippen LogP) is 1.92. The molecule has 16 heavy (non-hydrogen) atoms. The Balaban J connectivity index is 2.70. The predicted molar refractivity (Wildman–Crippen MR) is 74.4 cm³/mol. The van der Waals surface area contributed by atoms with Gasteiger partial charge in [0.15, 0.2) is 0 Å². The number of rotatable bonds is 4. The van der Waals surface area contributed by atoms with Crippen LogP contribution in [0, 0.1) is 16.4 Å². The van der Waals surface area contributed by atoms with E-state index in [9.17, 15) is 4.79 Å². The van der Waals surface area contributed by atoms with Crippen LogP contribution in [-0.4, -0.2) is 19.0 Å². The monoisotopic (exact) mass is 332 g/mol. The van der Waals surface area contributed by atoms with E-state index in [1.807, 2.05) is 32.0 Å². The molecule has 4 heteroatoms. The second-order valence-electron chi connectivity index (χ2n) is 3.99. The smallest absolute Gasteiger partial charge is 0.252 e. The maximum absolute atomic E-state index is 11.9. The Labute approximate surface area is 110 Å². The van der Waals surface area contributed by atoms with E-state index >= 15 is 0 Å². The first-order valence-corrected chi connectivity index (χ1v) is 6.37. The topological polar surface area (TPSA) is 55.1 Å². The van der Waals surface area contributed by atoms with Crippen molar-refractivity contribution in [3.63, 3.8) is 0 Å².